The van der Waals surface area contributed by atoms with Crippen LogP contribution in [-0.2, 0) is 26.0 Å². The molecule has 2 aromatic carbocycles. The summed E-state index contributed by atoms with van der Waals surface area (Å²) in [6, 6.07) is 14.5. The molecule has 0 aromatic heterocycles. The number of carbonyl (C=O) groups is 2. The van der Waals surface area contributed by atoms with Gasteiger partial charge in [-0.2, -0.15) is 0 Å². The van der Waals surface area contributed by atoms with Crippen molar-refractivity contribution in [3.8, 4) is 0 Å². The zero-order valence-corrected chi connectivity index (χ0v) is 22.4. The lowest BCUT2D eigenvalue weighted by Gasteiger charge is -2.33. The van der Waals surface area contributed by atoms with E-state index in [0.717, 1.165) is 40.1 Å². The lowest BCUT2D eigenvalue weighted by molar-refractivity contribution is -0.139. The first-order valence-corrected chi connectivity index (χ1v) is 14.1. The maximum absolute atomic E-state index is 13.6. The Hall–Kier alpha value is -2.87. The summed E-state index contributed by atoms with van der Waals surface area (Å²) in [4.78, 5) is 28.2. The molecular formula is C27H39N3O4S. The second kappa shape index (κ2) is 13.3. The number of aryl methyl sites for hydroxylation is 2. The highest BCUT2D eigenvalue weighted by Gasteiger charge is 2.31. The first-order valence-electron chi connectivity index (χ1n) is 12.2. The van der Waals surface area contributed by atoms with E-state index in [1.807, 2.05) is 70.2 Å². The Morgan fingerprint density at radius 3 is 2.29 bits per heavy atom. The van der Waals surface area contributed by atoms with Crippen LogP contribution in [-0.4, -0.2) is 57.1 Å². The largest absolute Gasteiger partial charge is 0.354 e. The molecular weight excluding hydrogens is 462 g/mol. The summed E-state index contributed by atoms with van der Waals surface area (Å²) in [5.74, 6) is -0.608. The molecule has 8 heteroatoms. The minimum Gasteiger partial charge on any atom is -0.354 e. The van der Waals surface area contributed by atoms with Gasteiger partial charge in [0.25, 0.3) is 0 Å². The van der Waals surface area contributed by atoms with Crippen LogP contribution in [0.15, 0.2) is 48.5 Å². The molecule has 2 rings (SSSR count). The van der Waals surface area contributed by atoms with Gasteiger partial charge in [0, 0.05) is 13.1 Å². The number of benzene rings is 2. The molecule has 0 saturated heterocycles. The predicted octanol–water partition coefficient (Wildman–Crippen LogP) is 3.84. The minimum atomic E-state index is -3.73. The Labute approximate surface area is 210 Å². The number of anilines is 1. The number of carbonyl (C=O) groups excluding carboxylic acids is 2. The summed E-state index contributed by atoms with van der Waals surface area (Å²) < 4.78 is 26.6. The van der Waals surface area contributed by atoms with Crippen LogP contribution in [0.1, 0.15) is 49.8 Å². The summed E-state index contributed by atoms with van der Waals surface area (Å²) in [7, 11) is -3.73. The van der Waals surface area contributed by atoms with Crippen molar-refractivity contribution < 1.29 is 18.0 Å². The van der Waals surface area contributed by atoms with Crippen LogP contribution >= 0.6 is 0 Å². The molecule has 0 radical (unpaired) electrons. The van der Waals surface area contributed by atoms with E-state index in [-0.39, 0.29) is 12.5 Å². The fraction of sp³-hybridized carbons (Fsp3) is 0.481. The smallest absolute Gasteiger partial charge is 0.244 e. The van der Waals surface area contributed by atoms with Crippen molar-refractivity contribution in [2.45, 2.75) is 59.4 Å². The van der Waals surface area contributed by atoms with Crippen molar-refractivity contribution in [3.63, 3.8) is 0 Å². The van der Waals surface area contributed by atoms with Gasteiger partial charge in [-0.25, -0.2) is 8.42 Å². The molecule has 0 aliphatic heterocycles. The minimum absolute atomic E-state index is 0.209. The predicted molar refractivity (Wildman–Crippen MR) is 142 cm³/mol. The van der Waals surface area contributed by atoms with Crippen LogP contribution in [0, 0.1) is 13.8 Å². The van der Waals surface area contributed by atoms with Gasteiger partial charge in [-0.1, -0.05) is 68.3 Å². The van der Waals surface area contributed by atoms with E-state index in [0.29, 0.717) is 31.6 Å². The third-order valence-corrected chi connectivity index (χ3v) is 7.13. The van der Waals surface area contributed by atoms with E-state index < -0.39 is 22.0 Å². The summed E-state index contributed by atoms with van der Waals surface area (Å²) in [6.07, 6.45) is 3.90. The number of hydrogen-bond acceptors (Lipinski definition) is 4. The molecule has 0 heterocycles. The molecule has 0 aliphatic carbocycles. The first-order chi connectivity index (χ1) is 16.6. The van der Waals surface area contributed by atoms with Crippen LogP contribution < -0.4 is 9.62 Å². The van der Waals surface area contributed by atoms with Gasteiger partial charge in [0.15, 0.2) is 0 Å². The summed E-state index contributed by atoms with van der Waals surface area (Å²) in [6.45, 7) is 8.17. The second-order valence-corrected chi connectivity index (χ2v) is 10.9. The van der Waals surface area contributed by atoms with E-state index in [1.54, 1.807) is 6.07 Å². The monoisotopic (exact) mass is 501 g/mol. The third kappa shape index (κ3) is 8.38. The van der Waals surface area contributed by atoms with E-state index in [9.17, 15) is 18.0 Å². The van der Waals surface area contributed by atoms with Gasteiger partial charge in [0.1, 0.15) is 12.6 Å². The number of nitrogens with zero attached hydrogens (tertiary/aromatic N) is 2. The number of rotatable bonds is 13. The molecule has 7 nitrogen and oxygen atoms in total. The Morgan fingerprint density at radius 2 is 1.71 bits per heavy atom. The van der Waals surface area contributed by atoms with E-state index >= 15 is 0 Å². The van der Waals surface area contributed by atoms with Gasteiger partial charge in [-0.15, -0.1) is 0 Å². The molecule has 0 saturated carbocycles. The number of amides is 2. The maximum atomic E-state index is 13.6. The van der Waals surface area contributed by atoms with Gasteiger partial charge in [0.2, 0.25) is 21.8 Å². The van der Waals surface area contributed by atoms with Gasteiger partial charge < -0.3 is 10.2 Å². The van der Waals surface area contributed by atoms with Gasteiger partial charge in [-0.05, 0) is 50.3 Å². The Bertz CT molecular complexity index is 1090. The standard InChI is InChI=1S/C27H39N3O4S/c1-6-8-17-28-27(32)24(7-2)29(18-16-23-12-10-9-11-13-23)26(31)20-30(35(5,33)34)25-15-14-21(3)19-22(25)4/h9-15,19,24H,6-8,16-18,20H2,1-5H3,(H,28,32)/t24-/m0/s1. The Morgan fingerprint density at radius 1 is 1.03 bits per heavy atom. The molecule has 1 atom stereocenters. The van der Waals surface area contributed by atoms with E-state index in [4.69, 9.17) is 0 Å². The van der Waals surface area contributed by atoms with Gasteiger partial charge >= 0.3 is 0 Å². The number of sulfonamides is 1. The van der Waals surface area contributed by atoms with Crippen LogP contribution in [0.4, 0.5) is 5.69 Å². The summed E-state index contributed by atoms with van der Waals surface area (Å²) >= 11 is 0. The highest BCUT2D eigenvalue weighted by atomic mass is 32.2. The summed E-state index contributed by atoms with van der Waals surface area (Å²) in [5.41, 5.74) is 3.28. The van der Waals surface area contributed by atoms with Gasteiger partial charge in [-0.3, -0.25) is 13.9 Å². The molecule has 35 heavy (non-hydrogen) atoms. The molecule has 1 N–H and O–H groups in total. The maximum Gasteiger partial charge on any atom is 0.244 e. The molecule has 0 bridgehead atoms. The average Bonchev–Trinajstić information content (AvgIpc) is 2.80. The molecule has 0 unspecified atom stereocenters. The lowest BCUT2D eigenvalue weighted by Crippen LogP contribution is -2.53. The molecule has 2 aromatic rings. The van der Waals surface area contributed by atoms with Crippen molar-refractivity contribution in [2.75, 3.05) is 30.2 Å². The fourth-order valence-corrected chi connectivity index (χ4v) is 4.99. The zero-order valence-electron chi connectivity index (χ0n) is 21.6. The van der Waals surface area contributed by atoms with E-state index in [2.05, 4.69) is 5.32 Å². The Balaban J connectivity index is 2.35. The van der Waals surface area contributed by atoms with E-state index in [1.165, 1.54) is 4.90 Å². The number of nitrogens with one attached hydrogen (secondary N) is 1. The topological polar surface area (TPSA) is 86.8 Å². The molecule has 0 fully saturated rings. The SMILES string of the molecule is CCCCNC(=O)[C@H](CC)N(CCc1ccccc1)C(=O)CN(c1ccc(C)cc1C)S(C)(=O)=O. The van der Waals surface area contributed by atoms with Crippen molar-refractivity contribution in [3.05, 3.63) is 65.2 Å². The zero-order chi connectivity index (χ0) is 26.0. The van der Waals surface area contributed by atoms with Crippen molar-refractivity contribution >= 4 is 27.5 Å². The normalized spacial score (nSPS) is 12.1. The Kier molecular flexibility index (Phi) is 10.8. The van der Waals surface area contributed by atoms with Crippen molar-refractivity contribution in [2.24, 2.45) is 0 Å². The number of hydrogen-bond donors (Lipinski definition) is 1. The molecule has 192 valence electrons. The lowest BCUT2D eigenvalue weighted by atomic mass is 10.1. The molecule has 0 spiro atoms. The fourth-order valence-electron chi connectivity index (χ4n) is 4.08. The highest BCUT2D eigenvalue weighted by molar-refractivity contribution is 7.92. The molecule has 0 aliphatic rings. The van der Waals surface area contributed by atoms with Crippen LogP contribution in [0.5, 0.6) is 0 Å². The van der Waals surface area contributed by atoms with Crippen LogP contribution in [0.25, 0.3) is 0 Å². The highest BCUT2D eigenvalue weighted by Crippen LogP contribution is 2.24. The second-order valence-electron chi connectivity index (χ2n) is 8.95. The summed E-state index contributed by atoms with van der Waals surface area (Å²) in [5, 5.41) is 2.93. The average molecular weight is 502 g/mol. The van der Waals surface area contributed by atoms with Crippen molar-refractivity contribution in [1.29, 1.82) is 0 Å². The van der Waals surface area contributed by atoms with Crippen LogP contribution in [0.2, 0.25) is 0 Å². The quantitative estimate of drug-likeness (QED) is 0.423. The third-order valence-electron chi connectivity index (χ3n) is 6.00. The van der Waals surface area contributed by atoms with Crippen molar-refractivity contribution in [1.82, 2.24) is 10.2 Å². The van der Waals surface area contributed by atoms with Gasteiger partial charge in [0.05, 0.1) is 11.9 Å². The molecule has 2 amide bonds. The number of unbranched alkanes of at least 4 members (excludes halogenated alkanes) is 1. The first kappa shape index (κ1) is 28.4. The van der Waals surface area contributed by atoms with Crippen LogP contribution in [0.3, 0.4) is 0 Å².